The molecule has 0 fully saturated rings. The SMILES string of the molecule is Cc1noc(CC(O)(c2ccc(F)cc2)c2ccc(F)cc2)n1. The maximum atomic E-state index is 13.2. The zero-order valence-electron chi connectivity index (χ0n) is 12.3. The molecule has 0 aliphatic carbocycles. The van der Waals surface area contributed by atoms with E-state index in [2.05, 4.69) is 10.1 Å². The van der Waals surface area contributed by atoms with Crippen LogP contribution in [0.2, 0.25) is 0 Å². The van der Waals surface area contributed by atoms with Gasteiger partial charge in [0.05, 0.1) is 6.42 Å². The van der Waals surface area contributed by atoms with Crippen LogP contribution in [0.3, 0.4) is 0 Å². The Kier molecular flexibility index (Phi) is 3.92. The summed E-state index contributed by atoms with van der Waals surface area (Å²) in [5.41, 5.74) is -0.650. The molecule has 0 amide bonds. The van der Waals surface area contributed by atoms with Gasteiger partial charge in [-0.15, -0.1) is 0 Å². The third-order valence-electron chi connectivity index (χ3n) is 3.62. The Balaban J connectivity index is 2.07. The number of halogens is 2. The Hall–Kier alpha value is -2.60. The van der Waals surface area contributed by atoms with Crippen LogP contribution in [-0.4, -0.2) is 15.2 Å². The Bertz CT molecular complexity index is 753. The number of benzene rings is 2. The van der Waals surface area contributed by atoms with Gasteiger partial charge in [-0.3, -0.25) is 0 Å². The van der Waals surface area contributed by atoms with E-state index in [0.29, 0.717) is 17.0 Å². The molecule has 3 aromatic rings. The van der Waals surface area contributed by atoms with Gasteiger partial charge in [0.1, 0.15) is 17.2 Å². The summed E-state index contributed by atoms with van der Waals surface area (Å²) >= 11 is 0. The summed E-state index contributed by atoms with van der Waals surface area (Å²) in [6, 6.07) is 10.9. The van der Waals surface area contributed by atoms with E-state index in [0.717, 1.165) is 0 Å². The van der Waals surface area contributed by atoms with E-state index in [4.69, 9.17) is 4.52 Å². The molecule has 118 valence electrons. The highest BCUT2D eigenvalue weighted by molar-refractivity contribution is 5.37. The van der Waals surface area contributed by atoms with Crippen LogP contribution < -0.4 is 0 Å². The van der Waals surface area contributed by atoms with Crippen molar-refractivity contribution in [1.29, 1.82) is 0 Å². The van der Waals surface area contributed by atoms with Gasteiger partial charge < -0.3 is 9.63 Å². The average molecular weight is 316 g/mol. The van der Waals surface area contributed by atoms with Gasteiger partial charge in [0.25, 0.3) is 0 Å². The standard InChI is InChI=1S/C17H14F2N2O2/c1-11-20-16(23-21-11)10-17(22,12-2-6-14(18)7-3-12)13-4-8-15(19)9-5-13/h2-9,22H,10H2,1H3. The largest absolute Gasteiger partial charge is 0.380 e. The highest BCUT2D eigenvalue weighted by Gasteiger charge is 2.34. The highest BCUT2D eigenvalue weighted by Crippen LogP contribution is 2.33. The number of aryl methyl sites for hydroxylation is 1. The Morgan fingerprint density at radius 2 is 1.43 bits per heavy atom. The van der Waals surface area contributed by atoms with Gasteiger partial charge >= 0.3 is 0 Å². The minimum Gasteiger partial charge on any atom is -0.380 e. The second kappa shape index (κ2) is 5.89. The number of aliphatic hydroxyl groups is 1. The summed E-state index contributed by atoms with van der Waals surface area (Å²) < 4.78 is 31.5. The molecule has 0 radical (unpaired) electrons. The lowest BCUT2D eigenvalue weighted by atomic mass is 9.83. The van der Waals surface area contributed by atoms with Crippen molar-refractivity contribution in [3.63, 3.8) is 0 Å². The summed E-state index contributed by atoms with van der Waals surface area (Å²) in [5.74, 6) is -0.146. The quantitative estimate of drug-likeness (QED) is 0.803. The predicted octanol–water partition coefficient (Wildman–Crippen LogP) is 3.13. The zero-order chi connectivity index (χ0) is 16.4. The van der Waals surface area contributed by atoms with Crippen LogP contribution in [0, 0.1) is 18.6 Å². The van der Waals surface area contributed by atoms with Crippen LogP contribution in [-0.2, 0) is 12.0 Å². The molecule has 1 aromatic heterocycles. The van der Waals surface area contributed by atoms with Crippen molar-refractivity contribution in [2.75, 3.05) is 0 Å². The molecule has 0 saturated heterocycles. The Morgan fingerprint density at radius 1 is 0.957 bits per heavy atom. The third kappa shape index (κ3) is 3.12. The molecule has 0 saturated carbocycles. The minimum absolute atomic E-state index is 0.00882. The average Bonchev–Trinajstić information content (AvgIpc) is 2.93. The molecular weight excluding hydrogens is 302 g/mol. The Morgan fingerprint density at radius 3 is 1.83 bits per heavy atom. The van der Waals surface area contributed by atoms with Crippen molar-refractivity contribution >= 4 is 0 Å². The summed E-state index contributed by atoms with van der Waals surface area (Å²) in [5, 5.41) is 14.9. The third-order valence-corrected chi connectivity index (χ3v) is 3.62. The monoisotopic (exact) mass is 316 g/mol. The van der Waals surface area contributed by atoms with E-state index in [9.17, 15) is 13.9 Å². The van der Waals surface area contributed by atoms with Gasteiger partial charge in [0.15, 0.2) is 5.82 Å². The van der Waals surface area contributed by atoms with Crippen LogP contribution in [0.4, 0.5) is 8.78 Å². The number of hydrogen-bond donors (Lipinski definition) is 1. The molecule has 1 N–H and O–H groups in total. The van der Waals surface area contributed by atoms with E-state index in [1.54, 1.807) is 6.92 Å². The maximum absolute atomic E-state index is 13.2. The normalized spacial score (nSPS) is 11.7. The van der Waals surface area contributed by atoms with E-state index in [1.165, 1.54) is 48.5 Å². The van der Waals surface area contributed by atoms with Crippen LogP contribution in [0.15, 0.2) is 53.1 Å². The molecule has 4 nitrogen and oxygen atoms in total. The highest BCUT2D eigenvalue weighted by atomic mass is 19.1. The van der Waals surface area contributed by atoms with E-state index >= 15 is 0 Å². The first-order chi connectivity index (χ1) is 11.0. The van der Waals surface area contributed by atoms with E-state index < -0.39 is 17.2 Å². The van der Waals surface area contributed by atoms with Crippen LogP contribution in [0.1, 0.15) is 22.8 Å². The van der Waals surface area contributed by atoms with E-state index in [-0.39, 0.29) is 12.3 Å². The fraction of sp³-hybridized carbons (Fsp3) is 0.176. The summed E-state index contributed by atoms with van der Waals surface area (Å²) in [7, 11) is 0. The zero-order valence-corrected chi connectivity index (χ0v) is 12.3. The molecule has 6 heteroatoms. The maximum Gasteiger partial charge on any atom is 0.230 e. The number of rotatable bonds is 4. The van der Waals surface area contributed by atoms with Crippen LogP contribution >= 0.6 is 0 Å². The molecule has 0 atom stereocenters. The van der Waals surface area contributed by atoms with Gasteiger partial charge in [0, 0.05) is 0 Å². The number of aromatic nitrogens is 2. The smallest absolute Gasteiger partial charge is 0.230 e. The molecular formula is C17H14F2N2O2. The first-order valence-corrected chi connectivity index (χ1v) is 7.01. The van der Waals surface area contributed by atoms with Gasteiger partial charge in [-0.1, -0.05) is 29.4 Å². The molecule has 0 bridgehead atoms. The second-order valence-electron chi connectivity index (χ2n) is 5.29. The van der Waals surface area contributed by atoms with Crippen molar-refractivity contribution in [2.45, 2.75) is 18.9 Å². The lowest BCUT2D eigenvalue weighted by molar-refractivity contribution is 0.0716. The lowest BCUT2D eigenvalue weighted by Gasteiger charge is -2.28. The molecule has 0 aliphatic heterocycles. The van der Waals surface area contributed by atoms with Gasteiger partial charge in [-0.25, -0.2) is 8.78 Å². The van der Waals surface area contributed by atoms with Crippen molar-refractivity contribution in [1.82, 2.24) is 10.1 Å². The predicted molar refractivity (Wildman–Crippen MR) is 78.5 cm³/mol. The molecule has 3 rings (SSSR count). The van der Waals surface area contributed by atoms with Crippen molar-refractivity contribution < 1.29 is 18.4 Å². The summed E-state index contributed by atoms with van der Waals surface area (Å²) in [4.78, 5) is 4.10. The minimum atomic E-state index is -1.54. The Labute approximate surface area is 131 Å². The fourth-order valence-corrected chi connectivity index (χ4v) is 2.45. The fourth-order valence-electron chi connectivity index (χ4n) is 2.45. The van der Waals surface area contributed by atoms with Crippen molar-refractivity contribution in [3.05, 3.63) is 83.0 Å². The first kappa shape index (κ1) is 15.3. The van der Waals surface area contributed by atoms with E-state index in [1.807, 2.05) is 0 Å². The molecule has 1 heterocycles. The lowest BCUT2D eigenvalue weighted by Crippen LogP contribution is -2.30. The van der Waals surface area contributed by atoms with Gasteiger partial charge in [-0.2, -0.15) is 4.98 Å². The van der Waals surface area contributed by atoms with Crippen molar-refractivity contribution in [3.8, 4) is 0 Å². The second-order valence-corrected chi connectivity index (χ2v) is 5.29. The number of hydrogen-bond acceptors (Lipinski definition) is 4. The van der Waals surface area contributed by atoms with Gasteiger partial charge in [-0.05, 0) is 42.3 Å². The first-order valence-electron chi connectivity index (χ1n) is 7.01. The van der Waals surface area contributed by atoms with Gasteiger partial charge in [0.2, 0.25) is 5.89 Å². The molecule has 2 aromatic carbocycles. The number of nitrogens with zero attached hydrogens (tertiary/aromatic N) is 2. The molecule has 0 spiro atoms. The summed E-state index contributed by atoms with van der Waals surface area (Å²) in [6.07, 6.45) is -0.00882. The summed E-state index contributed by atoms with van der Waals surface area (Å²) in [6.45, 7) is 1.67. The van der Waals surface area contributed by atoms with Crippen LogP contribution in [0.25, 0.3) is 0 Å². The molecule has 0 aliphatic rings. The molecule has 0 unspecified atom stereocenters. The topological polar surface area (TPSA) is 59.2 Å². The van der Waals surface area contributed by atoms with Crippen LogP contribution in [0.5, 0.6) is 0 Å². The van der Waals surface area contributed by atoms with Crippen molar-refractivity contribution in [2.24, 2.45) is 0 Å². The molecule has 23 heavy (non-hydrogen) atoms.